The number of nitrogens with zero attached hydrogens (tertiary/aromatic N) is 3. The van der Waals surface area contributed by atoms with E-state index < -0.39 is 0 Å². The van der Waals surface area contributed by atoms with Crippen LogP contribution in [0.25, 0.3) is 0 Å². The molecule has 2 aliphatic heterocycles. The summed E-state index contributed by atoms with van der Waals surface area (Å²) < 4.78 is 13.1. The van der Waals surface area contributed by atoms with Gasteiger partial charge in [0.2, 0.25) is 11.8 Å². The molecule has 4 rings (SSSR count). The van der Waals surface area contributed by atoms with E-state index in [9.17, 15) is 18.8 Å². The second-order valence-electron chi connectivity index (χ2n) is 9.34. The number of rotatable bonds is 8. The Hall–Kier alpha value is -3.06. The van der Waals surface area contributed by atoms with Gasteiger partial charge in [-0.3, -0.25) is 14.4 Å². The van der Waals surface area contributed by atoms with Gasteiger partial charge in [-0.2, -0.15) is 0 Å². The predicted molar refractivity (Wildman–Crippen MR) is 129 cm³/mol. The van der Waals surface area contributed by atoms with Crippen LogP contribution in [0.3, 0.4) is 0 Å². The van der Waals surface area contributed by atoms with E-state index in [-0.39, 0.29) is 41.7 Å². The van der Waals surface area contributed by atoms with Gasteiger partial charge in [0.05, 0.1) is 5.92 Å². The Morgan fingerprint density at radius 1 is 1.00 bits per heavy atom. The predicted octanol–water partition coefficient (Wildman–Crippen LogP) is 3.62. The van der Waals surface area contributed by atoms with Crippen LogP contribution in [0, 0.1) is 17.7 Å². The lowest BCUT2D eigenvalue weighted by Crippen LogP contribution is -2.41. The molecule has 0 aliphatic carbocycles. The van der Waals surface area contributed by atoms with Crippen molar-refractivity contribution in [1.29, 1.82) is 0 Å². The number of anilines is 1. The normalized spacial score (nSPS) is 19.4. The van der Waals surface area contributed by atoms with Gasteiger partial charge < -0.3 is 14.7 Å². The molecule has 2 saturated heterocycles. The van der Waals surface area contributed by atoms with Crippen LogP contribution in [0.2, 0.25) is 0 Å². The highest BCUT2D eigenvalue weighted by Gasteiger charge is 2.35. The lowest BCUT2D eigenvalue weighted by Gasteiger charge is -2.32. The van der Waals surface area contributed by atoms with Crippen LogP contribution in [0.1, 0.15) is 36.0 Å². The van der Waals surface area contributed by atoms with Crippen LogP contribution >= 0.6 is 0 Å². The van der Waals surface area contributed by atoms with Gasteiger partial charge in [-0.25, -0.2) is 4.39 Å². The number of ketones is 1. The second-order valence-corrected chi connectivity index (χ2v) is 9.34. The van der Waals surface area contributed by atoms with E-state index in [0.29, 0.717) is 18.7 Å². The summed E-state index contributed by atoms with van der Waals surface area (Å²) in [6, 6.07) is 15.4. The molecule has 1 unspecified atom stereocenters. The minimum absolute atomic E-state index is 0.00695. The summed E-state index contributed by atoms with van der Waals surface area (Å²) in [6.07, 6.45) is 2.66. The Morgan fingerprint density at radius 2 is 1.68 bits per heavy atom. The van der Waals surface area contributed by atoms with Gasteiger partial charge in [0, 0.05) is 43.7 Å². The Bertz CT molecular complexity index is 1000. The number of benzene rings is 2. The summed E-state index contributed by atoms with van der Waals surface area (Å²) in [5, 5.41) is 0. The number of carbonyl (C=O) groups is 3. The molecule has 0 spiro atoms. The van der Waals surface area contributed by atoms with Crippen LogP contribution in [-0.2, 0) is 9.59 Å². The van der Waals surface area contributed by atoms with Gasteiger partial charge in [0.1, 0.15) is 5.82 Å². The van der Waals surface area contributed by atoms with E-state index in [1.54, 1.807) is 24.1 Å². The third kappa shape index (κ3) is 5.70. The Labute approximate surface area is 200 Å². The first kappa shape index (κ1) is 24.1. The molecule has 34 heavy (non-hydrogen) atoms. The zero-order chi connectivity index (χ0) is 24.1. The monoisotopic (exact) mass is 465 g/mol. The molecule has 0 aromatic heterocycles. The molecule has 0 N–H and O–H groups in total. The fraction of sp³-hybridized carbons (Fsp3) is 0.444. The Morgan fingerprint density at radius 3 is 2.29 bits per heavy atom. The summed E-state index contributed by atoms with van der Waals surface area (Å²) in [4.78, 5) is 43.7. The second kappa shape index (κ2) is 10.9. The molecule has 1 atom stereocenters. The largest absolute Gasteiger partial charge is 0.345 e. The van der Waals surface area contributed by atoms with Crippen molar-refractivity contribution in [2.24, 2.45) is 11.8 Å². The third-order valence-corrected chi connectivity index (χ3v) is 6.97. The van der Waals surface area contributed by atoms with Crippen molar-refractivity contribution in [3.8, 4) is 0 Å². The van der Waals surface area contributed by atoms with Crippen LogP contribution in [-0.4, -0.2) is 67.2 Å². The third-order valence-electron chi connectivity index (χ3n) is 6.97. The van der Waals surface area contributed by atoms with Crippen molar-refractivity contribution in [2.75, 3.05) is 44.7 Å². The first-order valence-corrected chi connectivity index (χ1v) is 12.0. The maximum Gasteiger partial charge on any atom is 0.232 e. The number of hydrogen-bond acceptors (Lipinski definition) is 4. The highest BCUT2D eigenvalue weighted by Crippen LogP contribution is 2.25. The highest BCUT2D eigenvalue weighted by molar-refractivity contribution is 5.99. The van der Waals surface area contributed by atoms with Crippen LogP contribution in [0.5, 0.6) is 0 Å². The fourth-order valence-corrected chi connectivity index (χ4v) is 4.94. The van der Waals surface area contributed by atoms with E-state index in [1.165, 1.54) is 12.1 Å². The Balaban J connectivity index is 1.29. The topological polar surface area (TPSA) is 60.9 Å². The number of carbonyl (C=O) groups excluding carboxylic acids is 3. The quantitative estimate of drug-likeness (QED) is 0.559. The summed E-state index contributed by atoms with van der Waals surface area (Å²) in [5.74, 6) is -0.540. The number of Topliss-reactive ketones (excluding diaryl/α,β-unsaturated/α-hetero) is 1. The smallest absolute Gasteiger partial charge is 0.232 e. The fourth-order valence-electron chi connectivity index (χ4n) is 4.94. The number of likely N-dealkylation sites (tertiary alicyclic amines) is 2. The standard InChI is InChI=1S/C27H32FN3O3/c1-29-19-22(18-25(29)32)27(34)31(24-6-3-2-4-7-24)15-5-14-30-16-12-21(13-17-30)26(33)20-8-10-23(28)11-9-20/h2-4,6-11,21-22H,5,12-19H2,1H3. The minimum atomic E-state index is -0.332. The molecule has 2 aliphatic rings. The van der Waals surface area contributed by atoms with Crippen molar-refractivity contribution in [1.82, 2.24) is 9.80 Å². The summed E-state index contributed by atoms with van der Waals surface area (Å²) in [6.45, 7) is 3.57. The molecular formula is C27H32FN3O3. The van der Waals surface area contributed by atoms with Crippen molar-refractivity contribution in [2.45, 2.75) is 25.7 Å². The highest BCUT2D eigenvalue weighted by atomic mass is 19.1. The van der Waals surface area contributed by atoms with E-state index >= 15 is 0 Å². The number of para-hydroxylation sites is 1. The molecule has 2 aromatic rings. The molecule has 180 valence electrons. The molecule has 0 radical (unpaired) electrons. The average Bonchev–Trinajstić information content (AvgIpc) is 3.20. The molecule has 2 aromatic carbocycles. The first-order chi connectivity index (χ1) is 16.4. The molecule has 2 heterocycles. The summed E-state index contributed by atoms with van der Waals surface area (Å²) in [7, 11) is 1.74. The van der Waals surface area contributed by atoms with Crippen LogP contribution < -0.4 is 4.90 Å². The van der Waals surface area contributed by atoms with Crippen molar-refractivity contribution in [3.05, 3.63) is 66.0 Å². The SMILES string of the molecule is CN1CC(C(=O)N(CCCN2CCC(C(=O)c3ccc(F)cc3)CC2)c2ccccc2)CC1=O. The van der Waals surface area contributed by atoms with Crippen molar-refractivity contribution < 1.29 is 18.8 Å². The van der Waals surface area contributed by atoms with Crippen LogP contribution in [0.15, 0.2) is 54.6 Å². The first-order valence-electron chi connectivity index (χ1n) is 12.0. The summed E-state index contributed by atoms with van der Waals surface area (Å²) >= 11 is 0. The molecule has 2 fully saturated rings. The number of hydrogen-bond donors (Lipinski definition) is 0. The minimum Gasteiger partial charge on any atom is -0.345 e. The van der Waals surface area contributed by atoms with E-state index in [0.717, 1.165) is 44.6 Å². The lowest BCUT2D eigenvalue weighted by molar-refractivity contribution is -0.127. The van der Waals surface area contributed by atoms with Gasteiger partial charge in [-0.1, -0.05) is 18.2 Å². The Kier molecular flexibility index (Phi) is 7.73. The number of piperidine rings is 1. The van der Waals surface area contributed by atoms with Gasteiger partial charge >= 0.3 is 0 Å². The maximum atomic E-state index is 13.3. The zero-order valence-corrected chi connectivity index (χ0v) is 19.7. The number of amides is 2. The van der Waals surface area contributed by atoms with E-state index in [2.05, 4.69) is 4.90 Å². The summed E-state index contributed by atoms with van der Waals surface area (Å²) in [5.41, 5.74) is 1.44. The van der Waals surface area contributed by atoms with Gasteiger partial charge in [-0.05, 0) is 75.3 Å². The molecule has 6 nitrogen and oxygen atoms in total. The molecular weight excluding hydrogens is 433 g/mol. The molecule has 2 amide bonds. The maximum absolute atomic E-state index is 13.3. The molecule has 0 saturated carbocycles. The molecule has 0 bridgehead atoms. The lowest BCUT2D eigenvalue weighted by atomic mass is 9.89. The zero-order valence-electron chi connectivity index (χ0n) is 19.7. The van der Waals surface area contributed by atoms with E-state index in [4.69, 9.17) is 0 Å². The van der Waals surface area contributed by atoms with Crippen molar-refractivity contribution in [3.63, 3.8) is 0 Å². The van der Waals surface area contributed by atoms with Gasteiger partial charge in [-0.15, -0.1) is 0 Å². The van der Waals surface area contributed by atoms with Crippen LogP contribution in [0.4, 0.5) is 10.1 Å². The van der Waals surface area contributed by atoms with Gasteiger partial charge in [0.25, 0.3) is 0 Å². The van der Waals surface area contributed by atoms with Gasteiger partial charge in [0.15, 0.2) is 5.78 Å². The van der Waals surface area contributed by atoms with E-state index in [1.807, 2.05) is 35.2 Å². The van der Waals surface area contributed by atoms with Crippen molar-refractivity contribution >= 4 is 23.3 Å². The average molecular weight is 466 g/mol. The number of halogens is 1. The molecule has 7 heteroatoms.